The molecule has 5 radical (unpaired) electrons. The Hall–Kier alpha value is -2.26. The van der Waals surface area contributed by atoms with E-state index in [0.29, 0.717) is 0 Å². The summed E-state index contributed by atoms with van der Waals surface area (Å²) in [7, 11) is -0.672. The molecule has 0 N–H and O–H groups in total. The van der Waals surface area contributed by atoms with Crippen LogP contribution in [0.2, 0.25) is 0 Å². The van der Waals surface area contributed by atoms with Crippen molar-refractivity contribution >= 4 is 37.1 Å². The zero-order chi connectivity index (χ0) is 27.7. The summed E-state index contributed by atoms with van der Waals surface area (Å²) in [4.78, 5) is 0. The Labute approximate surface area is 246 Å². The molecule has 0 heterocycles. The van der Waals surface area contributed by atoms with Crippen molar-refractivity contribution in [2.75, 3.05) is 12.3 Å². The SMILES string of the molecule is C[C]1[C](C)[C](CCCP(c2ccccc2)c2ccccc2)[C](CCCP(c2ccccc2)c2ccccc2)[C]1C. The Morgan fingerprint density at radius 3 is 0.925 bits per heavy atom. The molecule has 0 aliphatic heterocycles. The maximum absolute atomic E-state index is 2.36. The quantitative estimate of drug-likeness (QED) is 0.152. The van der Waals surface area contributed by atoms with E-state index in [0.717, 1.165) is 0 Å². The van der Waals surface area contributed by atoms with Crippen molar-refractivity contribution in [1.82, 2.24) is 0 Å². The molecule has 0 amide bonds. The first kappa shape index (κ1) is 29.2. The van der Waals surface area contributed by atoms with E-state index in [1.54, 1.807) is 11.8 Å². The molecule has 0 nitrogen and oxygen atoms in total. The lowest BCUT2D eigenvalue weighted by atomic mass is 9.82. The summed E-state index contributed by atoms with van der Waals surface area (Å²) in [6.07, 6.45) is 7.29. The van der Waals surface area contributed by atoms with E-state index in [-0.39, 0.29) is 15.8 Å². The smallest absolute Gasteiger partial charge is 0.00966 e. The van der Waals surface area contributed by atoms with Gasteiger partial charge in [-0.2, -0.15) is 0 Å². The van der Waals surface area contributed by atoms with Gasteiger partial charge >= 0.3 is 0 Å². The van der Waals surface area contributed by atoms with Gasteiger partial charge in [-0.15, -0.1) is 0 Å². The highest BCUT2D eigenvalue weighted by Crippen LogP contribution is 2.56. The van der Waals surface area contributed by atoms with E-state index in [1.807, 2.05) is 0 Å². The third kappa shape index (κ3) is 7.14. The second-order valence-corrected chi connectivity index (χ2v) is 15.4. The van der Waals surface area contributed by atoms with Crippen LogP contribution in [0.1, 0.15) is 46.5 Å². The molecule has 0 spiro atoms. The molecule has 0 atom stereocenters. The van der Waals surface area contributed by atoms with Crippen LogP contribution in [0.15, 0.2) is 121 Å². The molecule has 40 heavy (non-hydrogen) atoms. The molecule has 203 valence electrons. The van der Waals surface area contributed by atoms with Crippen LogP contribution in [0.25, 0.3) is 0 Å². The Bertz CT molecular complexity index is 1080. The maximum Gasteiger partial charge on any atom is -0.00966 e. The molecule has 0 aromatic heterocycles. The van der Waals surface area contributed by atoms with Crippen LogP contribution >= 0.6 is 15.8 Å². The highest BCUT2D eigenvalue weighted by molar-refractivity contribution is 7.73. The van der Waals surface area contributed by atoms with Crippen LogP contribution in [0.3, 0.4) is 0 Å². The van der Waals surface area contributed by atoms with E-state index in [4.69, 9.17) is 0 Å². The van der Waals surface area contributed by atoms with E-state index in [1.165, 1.54) is 77.0 Å². The van der Waals surface area contributed by atoms with Crippen LogP contribution in [0.5, 0.6) is 0 Å². The Morgan fingerprint density at radius 2 is 0.650 bits per heavy atom. The van der Waals surface area contributed by atoms with Crippen molar-refractivity contribution in [2.45, 2.75) is 46.5 Å². The Balaban J connectivity index is 1.24. The number of rotatable bonds is 12. The van der Waals surface area contributed by atoms with Crippen LogP contribution in [0.4, 0.5) is 0 Å². The van der Waals surface area contributed by atoms with Crippen LogP contribution in [-0.2, 0) is 0 Å². The summed E-state index contributed by atoms with van der Waals surface area (Å²) in [5.74, 6) is 7.84. The fourth-order valence-corrected chi connectivity index (χ4v) is 10.6. The molecule has 1 aliphatic rings. The van der Waals surface area contributed by atoms with Crippen molar-refractivity contribution in [3.8, 4) is 0 Å². The second kappa shape index (κ2) is 14.6. The normalized spacial score (nSPS) is 15.9. The van der Waals surface area contributed by atoms with Gasteiger partial charge in [-0.25, -0.2) is 0 Å². The molecule has 4 aromatic rings. The molecular formula is C38H41P2. The Kier molecular flexibility index (Phi) is 10.7. The topological polar surface area (TPSA) is 0 Å². The molecule has 5 rings (SSSR count). The zero-order valence-electron chi connectivity index (χ0n) is 24.2. The van der Waals surface area contributed by atoms with Gasteiger partial charge in [-0.05, 0) is 105 Å². The molecule has 1 fully saturated rings. The maximum atomic E-state index is 2.36. The molecule has 0 saturated heterocycles. The summed E-state index contributed by atoms with van der Waals surface area (Å²) >= 11 is 0. The van der Waals surface area contributed by atoms with Gasteiger partial charge in [0.2, 0.25) is 0 Å². The zero-order valence-corrected chi connectivity index (χ0v) is 26.0. The highest BCUT2D eigenvalue weighted by Gasteiger charge is 2.45. The monoisotopic (exact) mass is 559 g/mol. The van der Waals surface area contributed by atoms with Gasteiger partial charge in [0.1, 0.15) is 0 Å². The van der Waals surface area contributed by atoms with E-state index < -0.39 is 0 Å². The summed E-state index contributed by atoms with van der Waals surface area (Å²) in [5, 5.41) is 5.97. The summed E-state index contributed by atoms with van der Waals surface area (Å²) in [6, 6.07) is 44.7. The number of benzene rings is 4. The lowest BCUT2D eigenvalue weighted by Crippen LogP contribution is -2.17. The summed E-state index contributed by atoms with van der Waals surface area (Å²) in [6.45, 7) is 7.05. The van der Waals surface area contributed by atoms with Crippen LogP contribution in [0, 0.1) is 29.6 Å². The molecule has 0 unspecified atom stereocenters. The minimum absolute atomic E-state index is 0.336. The minimum atomic E-state index is -0.336. The van der Waals surface area contributed by atoms with E-state index in [9.17, 15) is 0 Å². The largest absolute Gasteiger partial charge is 0.0622 e. The van der Waals surface area contributed by atoms with Crippen molar-refractivity contribution in [1.29, 1.82) is 0 Å². The van der Waals surface area contributed by atoms with E-state index in [2.05, 4.69) is 142 Å². The minimum Gasteiger partial charge on any atom is -0.0622 e. The first-order valence-electron chi connectivity index (χ1n) is 14.6. The van der Waals surface area contributed by atoms with Crippen LogP contribution < -0.4 is 21.2 Å². The van der Waals surface area contributed by atoms with Gasteiger partial charge in [-0.3, -0.25) is 0 Å². The van der Waals surface area contributed by atoms with Crippen molar-refractivity contribution < 1.29 is 0 Å². The van der Waals surface area contributed by atoms with Crippen molar-refractivity contribution in [3.63, 3.8) is 0 Å². The van der Waals surface area contributed by atoms with Gasteiger partial charge in [0, 0.05) is 0 Å². The first-order valence-corrected chi connectivity index (χ1v) is 17.7. The molecule has 2 heteroatoms. The summed E-state index contributed by atoms with van der Waals surface area (Å²) < 4.78 is 0. The van der Waals surface area contributed by atoms with Crippen LogP contribution in [-0.4, -0.2) is 12.3 Å². The Morgan fingerprint density at radius 1 is 0.375 bits per heavy atom. The van der Waals surface area contributed by atoms with Gasteiger partial charge in [0.25, 0.3) is 0 Å². The van der Waals surface area contributed by atoms with Crippen molar-refractivity contribution in [2.24, 2.45) is 0 Å². The predicted octanol–water partition coefficient (Wildman–Crippen LogP) is 8.76. The standard InChI is InChI=1S/C38H41P2/c1-30-31(2)37(26-16-28-39(33-18-8-4-9-19-33)34-20-10-5-11-21-34)38(32(30)3)27-17-29-40(35-22-12-6-13-23-35)36-24-14-7-15-25-36/h4-15,18-25H,16-17,26-29H2,1-3H3. The fraction of sp³-hybridized carbons (Fsp3) is 0.237. The first-order chi connectivity index (χ1) is 19.6. The lowest BCUT2D eigenvalue weighted by molar-refractivity contribution is 0.718. The lowest BCUT2D eigenvalue weighted by Gasteiger charge is -2.26. The molecule has 0 bridgehead atoms. The average molecular weight is 560 g/mol. The molecule has 4 aromatic carbocycles. The predicted molar refractivity (Wildman–Crippen MR) is 180 cm³/mol. The second-order valence-electron chi connectivity index (χ2n) is 10.7. The number of hydrogen-bond acceptors (Lipinski definition) is 0. The molecule has 1 saturated carbocycles. The van der Waals surface area contributed by atoms with Crippen molar-refractivity contribution in [3.05, 3.63) is 151 Å². The van der Waals surface area contributed by atoms with Gasteiger partial charge < -0.3 is 0 Å². The average Bonchev–Trinajstić information content (AvgIpc) is 3.22. The van der Waals surface area contributed by atoms with Gasteiger partial charge in [0.15, 0.2) is 0 Å². The van der Waals surface area contributed by atoms with Gasteiger partial charge in [0.05, 0.1) is 0 Å². The van der Waals surface area contributed by atoms with E-state index >= 15 is 0 Å². The fourth-order valence-electron chi connectivity index (χ4n) is 5.94. The molecular weight excluding hydrogens is 518 g/mol. The third-order valence-corrected chi connectivity index (χ3v) is 13.5. The number of hydrogen-bond donors (Lipinski definition) is 0. The third-order valence-electron chi connectivity index (χ3n) is 8.28. The molecule has 1 aliphatic carbocycles. The summed E-state index contributed by atoms with van der Waals surface area (Å²) in [5.41, 5.74) is 0. The highest BCUT2D eigenvalue weighted by atomic mass is 31.1. The van der Waals surface area contributed by atoms with Gasteiger partial charge in [-0.1, -0.05) is 142 Å².